The fourth-order valence-electron chi connectivity index (χ4n) is 5.18. The number of phenols is 1. The average molecular weight is 541 g/mol. The van der Waals surface area contributed by atoms with E-state index in [1.807, 2.05) is 37.3 Å². The summed E-state index contributed by atoms with van der Waals surface area (Å²) in [6, 6.07) is 17.8. The SMILES string of the molecule is Cc1cc(-c2cc(-c3ccn[nH]3)cc(N3CCNCC3)c2)c(O)c(-c2ccc(-n3ccn(C)c3=O)c(Cl)c2)c1. The molecule has 0 bridgehead atoms. The van der Waals surface area contributed by atoms with Crippen molar-refractivity contribution < 1.29 is 5.11 Å². The maximum absolute atomic E-state index is 12.4. The molecule has 0 amide bonds. The topological polar surface area (TPSA) is 91.1 Å². The Kier molecular flexibility index (Phi) is 6.50. The van der Waals surface area contributed by atoms with Crippen LogP contribution in [0.15, 0.2) is 78.0 Å². The van der Waals surface area contributed by atoms with Gasteiger partial charge in [-0.25, -0.2) is 4.79 Å². The van der Waals surface area contributed by atoms with Crippen LogP contribution in [0, 0.1) is 6.92 Å². The lowest BCUT2D eigenvalue weighted by atomic mass is 9.93. The molecule has 3 heterocycles. The summed E-state index contributed by atoms with van der Waals surface area (Å²) in [6.45, 7) is 5.69. The molecule has 0 unspecified atom stereocenters. The van der Waals surface area contributed by atoms with Crippen LogP contribution in [0.3, 0.4) is 0 Å². The lowest BCUT2D eigenvalue weighted by Crippen LogP contribution is -2.43. The van der Waals surface area contributed by atoms with Gasteiger partial charge in [0.1, 0.15) is 5.75 Å². The summed E-state index contributed by atoms with van der Waals surface area (Å²) in [6.07, 6.45) is 5.12. The lowest BCUT2D eigenvalue weighted by molar-refractivity contribution is 0.479. The summed E-state index contributed by atoms with van der Waals surface area (Å²) >= 11 is 6.66. The van der Waals surface area contributed by atoms with E-state index in [2.05, 4.69) is 38.6 Å². The zero-order valence-electron chi connectivity index (χ0n) is 21.8. The van der Waals surface area contributed by atoms with Gasteiger partial charge in [-0.2, -0.15) is 5.10 Å². The fourth-order valence-corrected chi connectivity index (χ4v) is 5.45. The van der Waals surface area contributed by atoms with Crippen molar-refractivity contribution in [1.29, 1.82) is 0 Å². The zero-order chi connectivity index (χ0) is 27.1. The second-order valence-electron chi connectivity index (χ2n) is 9.91. The van der Waals surface area contributed by atoms with Crippen molar-refractivity contribution in [1.82, 2.24) is 24.6 Å². The van der Waals surface area contributed by atoms with Crippen molar-refractivity contribution in [3.8, 4) is 44.9 Å². The van der Waals surface area contributed by atoms with Crippen molar-refractivity contribution in [3.05, 3.63) is 94.3 Å². The molecule has 0 saturated carbocycles. The second-order valence-corrected chi connectivity index (χ2v) is 10.3. The Morgan fingerprint density at radius 2 is 1.67 bits per heavy atom. The van der Waals surface area contributed by atoms with Crippen LogP contribution in [0.1, 0.15) is 5.56 Å². The minimum Gasteiger partial charge on any atom is -0.507 e. The van der Waals surface area contributed by atoms with Crippen molar-refractivity contribution in [3.63, 3.8) is 0 Å². The van der Waals surface area contributed by atoms with E-state index in [-0.39, 0.29) is 11.4 Å². The highest BCUT2D eigenvalue weighted by atomic mass is 35.5. The summed E-state index contributed by atoms with van der Waals surface area (Å²) in [5, 5.41) is 22.7. The first-order chi connectivity index (χ1) is 18.9. The first-order valence-corrected chi connectivity index (χ1v) is 13.3. The molecule has 9 heteroatoms. The highest BCUT2D eigenvalue weighted by molar-refractivity contribution is 6.32. The van der Waals surface area contributed by atoms with Gasteiger partial charge in [0.2, 0.25) is 0 Å². The third kappa shape index (κ3) is 4.73. The first-order valence-electron chi connectivity index (χ1n) is 12.9. The number of hydrogen-bond donors (Lipinski definition) is 3. The van der Waals surface area contributed by atoms with Crippen LogP contribution in [0.4, 0.5) is 5.69 Å². The molecular formula is C30H29ClN6O2. The second kappa shape index (κ2) is 10.1. The predicted molar refractivity (Wildman–Crippen MR) is 156 cm³/mol. The third-order valence-corrected chi connectivity index (χ3v) is 7.55. The quantitative estimate of drug-likeness (QED) is 0.292. The van der Waals surface area contributed by atoms with Crippen LogP contribution in [-0.4, -0.2) is 50.6 Å². The van der Waals surface area contributed by atoms with Gasteiger partial charge in [-0.3, -0.25) is 9.67 Å². The number of piperazine rings is 1. The van der Waals surface area contributed by atoms with Crippen LogP contribution in [0.2, 0.25) is 5.02 Å². The van der Waals surface area contributed by atoms with Crippen LogP contribution >= 0.6 is 11.6 Å². The summed E-state index contributed by atoms with van der Waals surface area (Å²) in [4.78, 5) is 14.8. The molecule has 3 aromatic carbocycles. The molecule has 2 aromatic heterocycles. The van der Waals surface area contributed by atoms with Crippen LogP contribution < -0.4 is 15.9 Å². The molecule has 6 rings (SSSR count). The summed E-state index contributed by atoms with van der Waals surface area (Å²) < 4.78 is 3.00. The maximum Gasteiger partial charge on any atom is 0.332 e. The Labute approximate surface area is 231 Å². The van der Waals surface area contributed by atoms with Gasteiger partial charge in [-0.05, 0) is 72.1 Å². The molecule has 198 valence electrons. The minimum atomic E-state index is -0.178. The van der Waals surface area contributed by atoms with Gasteiger partial charge in [0.05, 0.1) is 16.4 Å². The van der Waals surface area contributed by atoms with Gasteiger partial charge in [0.25, 0.3) is 0 Å². The van der Waals surface area contributed by atoms with E-state index in [0.717, 1.165) is 65.4 Å². The number of halogens is 1. The van der Waals surface area contributed by atoms with Crippen molar-refractivity contribution in [2.45, 2.75) is 6.92 Å². The van der Waals surface area contributed by atoms with Gasteiger partial charge in [-0.1, -0.05) is 17.7 Å². The number of H-pyrrole nitrogens is 1. The number of nitrogens with one attached hydrogen (secondary N) is 2. The smallest absolute Gasteiger partial charge is 0.332 e. The van der Waals surface area contributed by atoms with Crippen molar-refractivity contribution in [2.24, 2.45) is 7.05 Å². The van der Waals surface area contributed by atoms with E-state index < -0.39 is 0 Å². The van der Waals surface area contributed by atoms with E-state index in [0.29, 0.717) is 16.3 Å². The third-order valence-electron chi connectivity index (χ3n) is 7.24. The number of imidazole rings is 1. The Balaban J connectivity index is 1.46. The molecule has 5 aromatic rings. The number of rotatable bonds is 5. The summed E-state index contributed by atoms with van der Waals surface area (Å²) in [7, 11) is 1.70. The number of aromatic hydroxyl groups is 1. The van der Waals surface area contributed by atoms with E-state index in [4.69, 9.17) is 11.6 Å². The Bertz CT molecular complexity index is 1710. The number of anilines is 1. The van der Waals surface area contributed by atoms with Crippen LogP contribution in [0.25, 0.3) is 39.2 Å². The molecule has 1 saturated heterocycles. The molecule has 0 radical (unpaired) electrons. The van der Waals surface area contributed by atoms with Crippen LogP contribution in [-0.2, 0) is 7.05 Å². The van der Waals surface area contributed by atoms with Gasteiger partial charge in [0.15, 0.2) is 0 Å². The highest BCUT2D eigenvalue weighted by Gasteiger charge is 2.18. The molecule has 1 aliphatic heterocycles. The maximum atomic E-state index is 12.4. The van der Waals surface area contributed by atoms with E-state index in [1.165, 1.54) is 9.13 Å². The van der Waals surface area contributed by atoms with Crippen molar-refractivity contribution in [2.75, 3.05) is 31.1 Å². The minimum absolute atomic E-state index is 0.175. The predicted octanol–water partition coefficient (Wildman–Crippen LogP) is 4.98. The summed E-state index contributed by atoms with van der Waals surface area (Å²) in [5.74, 6) is 0.175. The van der Waals surface area contributed by atoms with Gasteiger partial charge >= 0.3 is 5.69 Å². The highest BCUT2D eigenvalue weighted by Crippen LogP contribution is 2.42. The first kappa shape index (κ1) is 25.0. The van der Waals surface area contributed by atoms with E-state index >= 15 is 0 Å². The number of nitrogens with zero attached hydrogens (tertiary/aromatic N) is 4. The Morgan fingerprint density at radius 1 is 0.923 bits per heavy atom. The molecule has 3 N–H and O–H groups in total. The number of aryl methyl sites for hydroxylation is 2. The number of benzene rings is 3. The largest absolute Gasteiger partial charge is 0.507 e. The number of hydrogen-bond acceptors (Lipinski definition) is 5. The van der Waals surface area contributed by atoms with E-state index in [9.17, 15) is 9.90 Å². The van der Waals surface area contributed by atoms with Gasteiger partial charge < -0.3 is 19.9 Å². The van der Waals surface area contributed by atoms with Gasteiger partial charge in [0, 0.05) is 74.2 Å². The van der Waals surface area contributed by atoms with Crippen molar-refractivity contribution >= 4 is 17.3 Å². The zero-order valence-corrected chi connectivity index (χ0v) is 22.5. The van der Waals surface area contributed by atoms with E-state index in [1.54, 1.807) is 31.7 Å². The number of phenolic OH excluding ortho intramolecular Hbond substituents is 1. The standard InChI is InChI=1S/C30H29ClN6O2/c1-19-13-24(20-3-4-28(26(31)18-20)37-12-11-35(2)30(37)39)29(38)25(14-19)21-15-22(27-5-6-33-34-27)17-23(16-21)36-9-7-32-8-10-36/h3-6,11-18,32,38H,7-10H2,1-2H3,(H,33,34). The molecule has 39 heavy (non-hydrogen) atoms. The molecule has 1 aliphatic rings. The fraction of sp³-hybridized carbons (Fsp3) is 0.200. The lowest BCUT2D eigenvalue weighted by Gasteiger charge is -2.30. The monoisotopic (exact) mass is 540 g/mol. The molecule has 0 spiro atoms. The molecule has 0 aliphatic carbocycles. The normalized spacial score (nSPS) is 13.7. The Morgan fingerprint density at radius 3 is 2.33 bits per heavy atom. The molecule has 1 fully saturated rings. The Hall–Kier alpha value is -4.27. The van der Waals surface area contributed by atoms with Gasteiger partial charge in [-0.15, -0.1) is 0 Å². The van der Waals surface area contributed by atoms with Crippen LogP contribution in [0.5, 0.6) is 5.75 Å². The number of aromatic nitrogens is 4. The summed E-state index contributed by atoms with van der Waals surface area (Å²) in [5.41, 5.74) is 7.53. The molecule has 8 nitrogen and oxygen atoms in total. The number of aromatic amines is 1. The average Bonchev–Trinajstić information content (AvgIpc) is 3.61. The molecular weight excluding hydrogens is 512 g/mol. The molecule has 0 atom stereocenters.